The number of rotatable bonds is 5. The summed E-state index contributed by atoms with van der Waals surface area (Å²) in [5.41, 5.74) is 5.72. The van der Waals surface area contributed by atoms with Gasteiger partial charge in [0.1, 0.15) is 0 Å². The van der Waals surface area contributed by atoms with Crippen LogP contribution in [0.15, 0.2) is 0 Å². The number of halogens is 1. The van der Waals surface area contributed by atoms with Crippen molar-refractivity contribution in [2.75, 3.05) is 19.6 Å². The molecule has 0 aromatic rings. The quantitative estimate of drug-likeness (QED) is 0.796. The van der Waals surface area contributed by atoms with Gasteiger partial charge in [-0.1, -0.05) is 27.7 Å². The molecule has 0 aromatic carbocycles. The maximum Gasteiger partial charge on any atom is 0.241 e. The lowest BCUT2D eigenvalue weighted by molar-refractivity contribution is -0.132. The molecule has 1 heterocycles. The van der Waals surface area contributed by atoms with E-state index in [1.807, 2.05) is 18.7 Å². The largest absolute Gasteiger partial charge is 0.346 e. The minimum atomic E-state index is -0.546. The summed E-state index contributed by atoms with van der Waals surface area (Å²) >= 11 is 0. The topological polar surface area (TPSA) is 75.4 Å². The van der Waals surface area contributed by atoms with Crippen molar-refractivity contribution in [1.29, 1.82) is 0 Å². The first-order valence-corrected chi connectivity index (χ1v) is 7.14. The fourth-order valence-corrected chi connectivity index (χ4v) is 2.25. The lowest BCUT2D eigenvalue weighted by atomic mass is 9.95. The molecule has 0 spiro atoms. The van der Waals surface area contributed by atoms with E-state index >= 15 is 0 Å². The van der Waals surface area contributed by atoms with Crippen LogP contribution in [0.4, 0.5) is 0 Å². The third kappa shape index (κ3) is 5.29. The zero-order chi connectivity index (χ0) is 14.6. The molecule has 2 atom stereocenters. The molecule has 1 aliphatic heterocycles. The molecule has 1 saturated heterocycles. The van der Waals surface area contributed by atoms with Gasteiger partial charge in [-0.15, -0.1) is 12.4 Å². The van der Waals surface area contributed by atoms with E-state index in [1.165, 1.54) is 0 Å². The van der Waals surface area contributed by atoms with Crippen LogP contribution in [0, 0.1) is 17.8 Å². The lowest BCUT2D eigenvalue weighted by Crippen LogP contribution is -2.47. The van der Waals surface area contributed by atoms with E-state index in [1.54, 1.807) is 0 Å². The van der Waals surface area contributed by atoms with E-state index in [9.17, 15) is 9.59 Å². The molecule has 2 amide bonds. The molecule has 3 N–H and O–H groups in total. The first-order chi connectivity index (χ1) is 8.82. The monoisotopic (exact) mass is 305 g/mol. The SMILES string of the molecule is CC(C)C1CCN(C(=O)CNC(=O)[C@@H](N)C(C)C)C1.Cl. The number of carbonyl (C=O) groups is 2. The smallest absolute Gasteiger partial charge is 0.241 e. The van der Waals surface area contributed by atoms with Crippen LogP contribution in [0.3, 0.4) is 0 Å². The predicted octanol–water partition coefficient (Wildman–Crippen LogP) is 1.01. The summed E-state index contributed by atoms with van der Waals surface area (Å²) in [5, 5.41) is 2.63. The number of nitrogens with zero attached hydrogens (tertiary/aromatic N) is 1. The van der Waals surface area contributed by atoms with Crippen LogP contribution in [0.25, 0.3) is 0 Å². The van der Waals surface area contributed by atoms with Crippen LogP contribution in [0.2, 0.25) is 0 Å². The first kappa shape index (κ1) is 19.2. The van der Waals surface area contributed by atoms with Gasteiger partial charge in [0.05, 0.1) is 12.6 Å². The Kier molecular flexibility index (Phi) is 8.13. The highest BCUT2D eigenvalue weighted by atomic mass is 35.5. The Bertz CT molecular complexity index is 334. The summed E-state index contributed by atoms with van der Waals surface area (Å²) in [4.78, 5) is 25.5. The molecule has 0 radical (unpaired) electrons. The molecular weight excluding hydrogens is 278 g/mol. The molecule has 5 nitrogen and oxygen atoms in total. The zero-order valence-corrected chi connectivity index (χ0v) is 13.7. The summed E-state index contributed by atoms with van der Waals surface area (Å²) in [6.45, 7) is 9.81. The fourth-order valence-electron chi connectivity index (χ4n) is 2.25. The van der Waals surface area contributed by atoms with Crippen molar-refractivity contribution >= 4 is 24.2 Å². The number of likely N-dealkylation sites (tertiary alicyclic amines) is 1. The summed E-state index contributed by atoms with van der Waals surface area (Å²) in [6, 6.07) is -0.546. The van der Waals surface area contributed by atoms with E-state index in [4.69, 9.17) is 5.73 Å². The Morgan fingerprint density at radius 1 is 1.30 bits per heavy atom. The van der Waals surface area contributed by atoms with Gasteiger partial charge in [0.25, 0.3) is 0 Å². The van der Waals surface area contributed by atoms with Crippen molar-refractivity contribution in [2.45, 2.75) is 40.2 Å². The van der Waals surface area contributed by atoms with Gasteiger partial charge >= 0.3 is 0 Å². The minimum Gasteiger partial charge on any atom is -0.346 e. The van der Waals surface area contributed by atoms with E-state index in [0.717, 1.165) is 19.5 Å². The van der Waals surface area contributed by atoms with Crippen molar-refractivity contribution in [2.24, 2.45) is 23.5 Å². The molecule has 0 aromatic heterocycles. The Morgan fingerprint density at radius 3 is 2.35 bits per heavy atom. The summed E-state index contributed by atoms with van der Waals surface area (Å²) < 4.78 is 0. The number of amides is 2. The van der Waals surface area contributed by atoms with Crippen molar-refractivity contribution < 1.29 is 9.59 Å². The van der Waals surface area contributed by atoms with Gasteiger partial charge in [-0.05, 0) is 24.2 Å². The Hall–Kier alpha value is -0.810. The van der Waals surface area contributed by atoms with Crippen molar-refractivity contribution in [3.05, 3.63) is 0 Å². The van der Waals surface area contributed by atoms with E-state index in [0.29, 0.717) is 11.8 Å². The Morgan fingerprint density at radius 2 is 1.90 bits per heavy atom. The molecule has 1 rings (SSSR count). The standard InChI is InChI=1S/C14H27N3O2.ClH/c1-9(2)11-5-6-17(8-11)12(18)7-16-14(19)13(15)10(3)4;/h9-11,13H,5-8,15H2,1-4H3,(H,16,19);1H/t11?,13-;/m0./s1. The number of hydrogen-bond donors (Lipinski definition) is 2. The van der Waals surface area contributed by atoms with E-state index < -0.39 is 6.04 Å². The maximum atomic E-state index is 12.0. The van der Waals surface area contributed by atoms with Crippen molar-refractivity contribution in [3.8, 4) is 0 Å². The average Bonchev–Trinajstić information content (AvgIpc) is 2.84. The van der Waals surface area contributed by atoms with Crippen LogP contribution >= 0.6 is 12.4 Å². The molecule has 1 aliphatic rings. The average molecular weight is 306 g/mol. The van der Waals surface area contributed by atoms with Gasteiger partial charge in [0.15, 0.2) is 0 Å². The molecule has 6 heteroatoms. The Balaban J connectivity index is 0.00000361. The number of nitrogens with one attached hydrogen (secondary N) is 1. The maximum absolute atomic E-state index is 12.0. The van der Waals surface area contributed by atoms with Gasteiger partial charge in [-0.25, -0.2) is 0 Å². The van der Waals surface area contributed by atoms with E-state index in [-0.39, 0.29) is 36.7 Å². The zero-order valence-electron chi connectivity index (χ0n) is 12.9. The lowest BCUT2D eigenvalue weighted by Gasteiger charge is -2.20. The van der Waals surface area contributed by atoms with Gasteiger partial charge < -0.3 is 16.0 Å². The third-order valence-corrected chi connectivity index (χ3v) is 3.96. The van der Waals surface area contributed by atoms with Crippen LogP contribution < -0.4 is 11.1 Å². The van der Waals surface area contributed by atoms with Crippen LogP contribution in [-0.2, 0) is 9.59 Å². The van der Waals surface area contributed by atoms with Gasteiger partial charge in [0.2, 0.25) is 11.8 Å². The summed E-state index contributed by atoms with van der Waals surface area (Å²) in [7, 11) is 0. The molecule has 1 unspecified atom stereocenters. The number of nitrogens with two attached hydrogens (primary N) is 1. The predicted molar refractivity (Wildman–Crippen MR) is 82.6 cm³/mol. The van der Waals surface area contributed by atoms with Gasteiger partial charge in [0, 0.05) is 13.1 Å². The first-order valence-electron chi connectivity index (χ1n) is 7.14. The summed E-state index contributed by atoms with van der Waals surface area (Å²) in [5.74, 6) is 1.00. The third-order valence-electron chi connectivity index (χ3n) is 3.96. The molecule has 0 aliphatic carbocycles. The van der Waals surface area contributed by atoms with E-state index in [2.05, 4.69) is 19.2 Å². The molecule has 1 fully saturated rings. The highest BCUT2D eigenvalue weighted by molar-refractivity contribution is 5.87. The van der Waals surface area contributed by atoms with Crippen LogP contribution in [0.5, 0.6) is 0 Å². The van der Waals surface area contributed by atoms with Crippen molar-refractivity contribution in [3.63, 3.8) is 0 Å². The normalized spacial score (nSPS) is 19.9. The molecule has 118 valence electrons. The van der Waals surface area contributed by atoms with Gasteiger partial charge in [-0.2, -0.15) is 0 Å². The van der Waals surface area contributed by atoms with Crippen molar-refractivity contribution in [1.82, 2.24) is 10.2 Å². The highest BCUT2D eigenvalue weighted by Gasteiger charge is 2.28. The van der Waals surface area contributed by atoms with Crippen LogP contribution in [-0.4, -0.2) is 42.4 Å². The molecular formula is C14H28ClN3O2. The second-order valence-electron chi connectivity index (χ2n) is 6.12. The molecule has 0 saturated carbocycles. The van der Waals surface area contributed by atoms with Crippen LogP contribution in [0.1, 0.15) is 34.1 Å². The summed E-state index contributed by atoms with van der Waals surface area (Å²) in [6.07, 6.45) is 1.06. The Labute approximate surface area is 128 Å². The second-order valence-corrected chi connectivity index (χ2v) is 6.12. The van der Waals surface area contributed by atoms with Gasteiger partial charge in [-0.3, -0.25) is 9.59 Å². The molecule has 20 heavy (non-hydrogen) atoms. The number of carbonyl (C=O) groups excluding carboxylic acids is 2. The second kappa shape index (κ2) is 8.47. The number of hydrogen-bond acceptors (Lipinski definition) is 3. The minimum absolute atomic E-state index is 0. The highest BCUT2D eigenvalue weighted by Crippen LogP contribution is 2.23. The molecule has 0 bridgehead atoms. The fraction of sp³-hybridized carbons (Fsp3) is 0.857.